The first-order valence-corrected chi connectivity index (χ1v) is 9.25. The normalized spacial score (nSPS) is 10.7. The Bertz CT molecular complexity index is 1190. The van der Waals surface area contributed by atoms with Gasteiger partial charge in [0.05, 0.1) is 22.0 Å². The van der Waals surface area contributed by atoms with Gasteiger partial charge in [-0.1, -0.05) is 41.7 Å². The van der Waals surface area contributed by atoms with Gasteiger partial charge in [0.1, 0.15) is 10.6 Å². The molecule has 0 bridgehead atoms. The second-order valence-corrected chi connectivity index (χ2v) is 7.28. The van der Waals surface area contributed by atoms with E-state index in [1.807, 2.05) is 37.4 Å². The van der Waals surface area contributed by atoms with E-state index in [2.05, 4.69) is 35.0 Å². The fourth-order valence-electron chi connectivity index (χ4n) is 3.01. The summed E-state index contributed by atoms with van der Waals surface area (Å²) in [6.45, 7) is 2.09. The maximum atomic E-state index is 9.11. The molecule has 0 aliphatic heterocycles. The van der Waals surface area contributed by atoms with Crippen LogP contribution in [0.15, 0.2) is 54.6 Å². The SMILES string of the molecule is Cc1ccccc1N(C)c1cc2c(N)nc(-c3cccc(C#N)c3)nc2s1. The average Bonchev–Trinajstić information content (AvgIpc) is 3.13. The third-order valence-corrected chi connectivity index (χ3v) is 5.57. The lowest BCUT2D eigenvalue weighted by Crippen LogP contribution is -2.08. The molecule has 2 aromatic heterocycles. The second kappa shape index (κ2) is 6.71. The molecule has 6 heteroatoms. The van der Waals surface area contributed by atoms with E-state index >= 15 is 0 Å². The van der Waals surface area contributed by atoms with Crippen molar-refractivity contribution < 1.29 is 0 Å². The fourth-order valence-corrected chi connectivity index (χ4v) is 4.03. The Balaban J connectivity index is 1.80. The van der Waals surface area contributed by atoms with Crippen LogP contribution in [0.3, 0.4) is 0 Å². The minimum atomic E-state index is 0.443. The fraction of sp³-hybridized carbons (Fsp3) is 0.0952. The van der Waals surface area contributed by atoms with Crippen LogP contribution >= 0.6 is 11.3 Å². The molecule has 0 unspecified atom stereocenters. The van der Waals surface area contributed by atoms with Crippen molar-refractivity contribution in [1.29, 1.82) is 5.26 Å². The predicted molar refractivity (Wildman–Crippen MR) is 111 cm³/mol. The number of nitriles is 1. The van der Waals surface area contributed by atoms with Gasteiger partial charge in [-0.2, -0.15) is 5.26 Å². The predicted octanol–water partition coefficient (Wildman–Crippen LogP) is 4.89. The molecule has 0 saturated heterocycles. The van der Waals surface area contributed by atoms with Gasteiger partial charge >= 0.3 is 0 Å². The molecule has 4 rings (SSSR count). The first kappa shape index (κ1) is 17.0. The highest BCUT2D eigenvalue weighted by atomic mass is 32.1. The van der Waals surface area contributed by atoms with Crippen molar-refractivity contribution in [3.63, 3.8) is 0 Å². The zero-order valence-electron chi connectivity index (χ0n) is 15.0. The van der Waals surface area contributed by atoms with E-state index in [-0.39, 0.29) is 0 Å². The monoisotopic (exact) mass is 371 g/mol. The molecule has 0 fully saturated rings. The van der Waals surface area contributed by atoms with Crippen molar-refractivity contribution in [3.8, 4) is 17.5 Å². The Morgan fingerprint density at radius 1 is 1.07 bits per heavy atom. The van der Waals surface area contributed by atoms with E-state index in [0.29, 0.717) is 17.2 Å². The maximum absolute atomic E-state index is 9.11. The zero-order chi connectivity index (χ0) is 19.0. The van der Waals surface area contributed by atoms with Crippen molar-refractivity contribution in [2.45, 2.75) is 6.92 Å². The molecule has 0 spiro atoms. The Morgan fingerprint density at radius 3 is 2.67 bits per heavy atom. The summed E-state index contributed by atoms with van der Waals surface area (Å²) in [5, 5.41) is 11.0. The molecule has 2 N–H and O–H groups in total. The van der Waals surface area contributed by atoms with Crippen LogP contribution in [0.1, 0.15) is 11.1 Å². The molecule has 0 saturated carbocycles. The molecule has 0 amide bonds. The number of nitrogens with two attached hydrogens (primary N) is 1. The molecular formula is C21H17N5S. The van der Waals surface area contributed by atoms with Gasteiger partial charge in [0, 0.05) is 18.3 Å². The number of fused-ring (bicyclic) bond motifs is 1. The highest BCUT2D eigenvalue weighted by Gasteiger charge is 2.15. The van der Waals surface area contributed by atoms with Crippen LogP contribution in [0.5, 0.6) is 0 Å². The molecule has 0 aliphatic carbocycles. The number of nitrogens with zero attached hydrogens (tertiary/aromatic N) is 4. The van der Waals surface area contributed by atoms with Gasteiger partial charge in [-0.15, -0.1) is 0 Å². The van der Waals surface area contributed by atoms with Gasteiger partial charge in [0.2, 0.25) is 0 Å². The summed E-state index contributed by atoms with van der Waals surface area (Å²) in [7, 11) is 2.04. The van der Waals surface area contributed by atoms with Crippen molar-refractivity contribution >= 4 is 38.1 Å². The summed E-state index contributed by atoms with van der Waals surface area (Å²) in [6, 6.07) is 19.6. The van der Waals surface area contributed by atoms with E-state index in [0.717, 1.165) is 26.5 Å². The number of rotatable bonds is 3. The number of benzene rings is 2. The van der Waals surface area contributed by atoms with Gasteiger partial charge in [0.15, 0.2) is 5.82 Å². The molecule has 4 aromatic rings. The van der Waals surface area contributed by atoms with E-state index < -0.39 is 0 Å². The lowest BCUT2D eigenvalue weighted by Gasteiger charge is -2.19. The minimum Gasteiger partial charge on any atom is -0.383 e. The molecular weight excluding hydrogens is 354 g/mol. The number of para-hydroxylation sites is 1. The quantitative estimate of drug-likeness (QED) is 0.555. The highest BCUT2D eigenvalue weighted by molar-refractivity contribution is 7.22. The van der Waals surface area contributed by atoms with Gasteiger partial charge in [-0.3, -0.25) is 0 Å². The first-order chi connectivity index (χ1) is 13.1. The maximum Gasteiger partial charge on any atom is 0.163 e. The Kier molecular flexibility index (Phi) is 4.22. The number of hydrogen-bond acceptors (Lipinski definition) is 6. The van der Waals surface area contributed by atoms with Gasteiger partial charge in [-0.25, -0.2) is 9.97 Å². The minimum absolute atomic E-state index is 0.443. The van der Waals surface area contributed by atoms with Crippen molar-refractivity contribution in [2.24, 2.45) is 0 Å². The summed E-state index contributed by atoms with van der Waals surface area (Å²) in [5.74, 6) is 0.974. The van der Waals surface area contributed by atoms with Crippen LogP contribution in [-0.2, 0) is 0 Å². The summed E-state index contributed by atoms with van der Waals surface area (Å²) >= 11 is 1.57. The summed E-state index contributed by atoms with van der Waals surface area (Å²) in [6.07, 6.45) is 0. The van der Waals surface area contributed by atoms with E-state index in [1.165, 1.54) is 5.56 Å². The second-order valence-electron chi connectivity index (χ2n) is 6.27. The van der Waals surface area contributed by atoms with Crippen molar-refractivity contribution in [1.82, 2.24) is 9.97 Å². The van der Waals surface area contributed by atoms with Crippen LogP contribution in [0.25, 0.3) is 21.6 Å². The van der Waals surface area contributed by atoms with Crippen LogP contribution in [0.4, 0.5) is 16.5 Å². The molecule has 27 heavy (non-hydrogen) atoms. The number of nitrogen functional groups attached to an aromatic ring is 1. The topological polar surface area (TPSA) is 78.8 Å². The zero-order valence-corrected chi connectivity index (χ0v) is 15.8. The number of hydrogen-bond donors (Lipinski definition) is 1. The third-order valence-electron chi connectivity index (χ3n) is 4.47. The third kappa shape index (κ3) is 3.09. The molecule has 2 heterocycles. The smallest absolute Gasteiger partial charge is 0.163 e. The van der Waals surface area contributed by atoms with Gasteiger partial charge in [0.25, 0.3) is 0 Å². The summed E-state index contributed by atoms with van der Waals surface area (Å²) < 4.78 is 0. The van der Waals surface area contributed by atoms with Gasteiger partial charge < -0.3 is 10.6 Å². The summed E-state index contributed by atoms with van der Waals surface area (Å²) in [5.41, 5.74) is 9.91. The number of thiophene rings is 1. The molecule has 132 valence electrons. The van der Waals surface area contributed by atoms with E-state index in [9.17, 15) is 0 Å². The molecule has 5 nitrogen and oxygen atoms in total. The number of aromatic nitrogens is 2. The highest BCUT2D eigenvalue weighted by Crippen LogP contribution is 2.38. The Hall–Kier alpha value is -3.43. The van der Waals surface area contributed by atoms with E-state index in [1.54, 1.807) is 23.5 Å². The summed E-state index contributed by atoms with van der Waals surface area (Å²) in [4.78, 5) is 12.1. The van der Waals surface area contributed by atoms with Crippen LogP contribution in [0, 0.1) is 18.3 Å². The molecule has 0 radical (unpaired) electrons. The van der Waals surface area contributed by atoms with Crippen LogP contribution in [-0.4, -0.2) is 17.0 Å². The van der Waals surface area contributed by atoms with Crippen molar-refractivity contribution in [2.75, 3.05) is 17.7 Å². The molecule has 2 aromatic carbocycles. The molecule has 0 atom stereocenters. The lowest BCUT2D eigenvalue weighted by atomic mass is 10.1. The van der Waals surface area contributed by atoms with Crippen molar-refractivity contribution in [3.05, 3.63) is 65.7 Å². The molecule has 0 aliphatic rings. The largest absolute Gasteiger partial charge is 0.383 e. The van der Waals surface area contributed by atoms with Crippen LogP contribution in [0.2, 0.25) is 0 Å². The number of aryl methyl sites for hydroxylation is 1. The Morgan fingerprint density at radius 2 is 1.89 bits per heavy atom. The Labute approximate surface area is 161 Å². The van der Waals surface area contributed by atoms with E-state index in [4.69, 9.17) is 16.0 Å². The number of anilines is 3. The lowest BCUT2D eigenvalue weighted by molar-refractivity contribution is 1.21. The first-order valence-electron chi connectivity index (χ1n) is 8.44. The standard InChI is InChI=1S/C21H17N5S/c1-13-6-3-4-9-17(13)26(2)18-11-16-19(23)24-20(25-21(16)27-18)15-8-5-7-14(10-15)12-22/h3-11H,1-2H3,(H2,23,24,25). The van der Waals surface area contributed by atoms with Crippen LogP contribution < -0.4 is 10.6 Å². The average molecular weight is 371 g/mol. The van der Waals surface area contributed by atoms with Gasteiger partial charge in [-0.05, 0) is 36.8 Å².